The average Bonchev–Trinajstić information content (AvgIpc) is 2.62. The first-order valence-electron chi connectivity index (χ1n) is 7.98. The summed E-state index contributed by atoms with van der Waals surface area (Å²) >= 11 is 0. The first-order chi connectivity index (χ1) is 11.7. The standard InChI is InChI=1S/C18H23FN4O.HI/c1-3-10-24-17-9-8-14(11-21-17)12-22-18(20-2)23-13-15-6-4-5-7-16(15)19;/h4-9,11H,3,10,12-13H2,1-2H3,(H2,20,22,23);1H. The summed E-state index contributed by atoms with van der Waals surface area (Å²) in [5, 5.41) is 6.26. The Bertz CT molecular complexity index is 664. The second-order valence-corrected chi connectivity index (χ2v) is 5.22. The van der Waals surface area contributed by atoms with E-state index in [0.717, 1.165) is 12.0 Å². The summed E-state index contributed by atoms with van der Waals surface area (Å²) in [6.07, 6.45) is 2.72. The Morgan fingerprint density at radius 2 is 1.92 bits per heavy atom. The minimum absolute atomic E-state index is 0. The van der Waals surface area contributed by atoms with Crippen LogP contribution in [0, 0.1) is 5.82 Å². The number of hydrogen-bond donors (Lipinski definition) is 2. The number of hydrogen-bond acceptors (Lipinski definition) is 3. The third-order valence-corrected chi connectivity index (χ3v) is 3.34. The minimum atomic E-state index is -0.229. The molecule has 0 spiro atoms. The Hall–Kier alpha value is -1.90. The zero-order valence-electron chi connectivity index (χ0n) is 14.5. The fourth-order valence-corrected chi connectivity index (χ4v) is 2.03. The van der Waals surface area contributed by atoms with Crippen molar-refractivity contribution in [3.05, 3.63) is 59.5 Å². The lowest BCUT2D eigenvalue weighted by molar-refractivity contribution is 0.305. The monoisotopic (exact) mass is 458 g/mol. The van der Waals surface area contributed by atoms with Gasteiger partial charge in [-0.3, -0.25) is 4.99 Å². The molecule has 0 saturated heterocycles. The van der Waals surface area contributed by atoms with Crippen LogP contribution in [0.3, 0.4) is 0 Å². The van der Waals surface area contributed by atoms with E-state index < -0.39 is 0 Å². The first-order valence-corrected chi connectivity index (χ1v) is 7.98. The second kappa shape index (κ2) is 11.6. The highest BCUT2D eigenvalue weighted by Gasteiger charge is 2.03. The maximum Gasteiger partial charge on any atom is 0.213 e. The van der Waals surface area contributed by atoms with Crippen molar-refractivity contribution >= 4 is 29.9 Å². The summed E-state index contributed by atoms with van der Waals surface area (Å²) in [5.41, 5.74) is 1.60. The Morgan fingerprint density at radius 1 is 1.16 bits per heavy atom. The van der Waals surface area contributed by atoms with Gasteiger partial charge in [-0.15, -0.1) is 24.0 Å². The van der Waals surface area contributed by atoms with Crippen molar-refractivity contribution in [2.45, 2.75) is 26.4 Å². The number of guanidine groups is 1. The molecule has 5 nitrogen and oxygen atoms in total. The van der Waals surface area contributed by atoms with Crippen molar-refractivity contribution in [1.29, 1.82) is 0 Å². The van der Waals surface area contributed by atoms with Gasteiger partial charge in [-0.25, -0.2) is 9.37 Å². The molecule has 136 valence electrons. The molecule has 0 aliphatic carbocycles. The zero-order valence-corrected chi connectivity index (χ0v) is 16.8. The van der Waals surface area contributed by atoms with E-state index in [1.807, 2.05) is 18.2 Å². The Kier molecular flexibility index (Phi) is 9.83. The number of nitrogens with zero attached hydrogens (tertiary/aromatic N) is 2. The van der Waals surface area contributed by atoms with Crippen molar-refractivity contribution in [2.24, 2.45) is 4.99 Å². The van der Waals surface area contributed by atoms with E-state index in [1.165, 1.54) is 6.07 Å². The molecular weight excluding hydrogens is 434 g/mol. The molecule has 1 aromatic carbocycles. The minimum Gasteiger partial charge on any atom is -0.478 e. The Morgan fingerprint density at radius 3 is 2.56 bits per heavy atom. The average molecular weight is 458 g/mol. The molecule has 1 aromatic heterocycles. The highest BCUT2D eigenvalue weighted by atomic mass is 127. The lowest BCUT2D eigenvalue weighted by atomic mass is 10.2. The summed E-state index contributed by atoms with van der Waals surface area (Å²) in [5.74, 6) is 1.000. The molecule has 2 aromatic rings. The van der Waals surface area contributed by atoms with Gasteiger partial charge in [0.05, 0.1) is 6.61 Å². The second-order valence-electron chi connectivity index (χ2n) is 5.22. The fourth-order valence-electron chi connectivity index (χ4n) is 2.03. The lowest BCUT2D eigenvalue weighted by Gasteiger charge is -2.12. The predicted molar refractivity (Wildman–Crippen MR) is 109 cm³/mol. The SMILES string of the molecule is CCCOc1ccc(CNC(=NC)NCc2ccccc2F)cn1.I. The number of benzene rings is 1. The molecule has 7 heteroatoms. The first kappa shape index (κ1) is 21.1. The van der Waals surface area contributed by atoms with E-state index in [9.17, 15) is 4.39 Å². The van der Waals surface area contributed by atoms with E-state index in [1.54, 1.807) is 25.4 Å². The van der Waals surface area contributed by atoms with Crippen LogP contribution < -0.4 is 15.4 Å². The molecule has 0 radical (unpaired) electrons. The maximum absolute atomic E-state index is 13.6. The topological polar surface area (TPSA) is 58.5 Å². The van der Waals surface area contributed by atoms with Crippen LogP contribution in [0.1, 0.15) is 24.5 Å². The normalized spacial score (nSPS) is 10.8. The lowest BCUT2D eigenvalue weighted by Crippen LogP contribution is -2.36. The fraction of sp³-hybridized carbons (Fsp3) is 0.333. The molecule has 1 heterocycles. The molecule has 2 N–H and O–H groups in total. The maximum atomic E-state index is 13.6. The Balaban J connectivity index is 0.00000312. The largest absolute Gasteiger partial charge is 0.478 e. The molecule has 0 unspecified atom stereocenters. The summed E-state index contributed by atoms with van der Waals surface area (Å²) in [6.45, 7) is 3.65. The van der Waals surface area contributed by atoms with Crippen molar-refractivity contribution in [1.82, 2.24) is 15.6 Å². The molecule has 0 saturated carbocycles. The van der Waals surface area contributed by atoms with Crippen LogP contribution in [-0.2, 0) is 13.1 Å². The summed E-state index contributed by atoms with van der Waals surface area (Å²) < 4.78 is 19.1. The smallest absolute Gasteiger partial charge is 0.213 e. The van der Waals surface area contributed by atoms with Crippen LogP contribution in [0.25, 0.3) is 0 Å². The van der Waals surface area contributed by atoms with E-state index >= 15 is 0 Å². The van der Waals surface area contributed by atoms with Gasteiger partial charge in [0.1, 0.15) is 5.82 Å². The van der Waals surface area contributed by atoms with Crippen LogP contribution in [0.4, 0.5) is 4.39 Å². The molecule has 0 aliphatic heterocycles. The van der Waals surface area contributed by atoms with Gasteiger partial charge in [0.2, 0.25) is 5.88 Å². The number of nitrogens with one attached hydrogen (secondary N) is 2. The van der Waals surface area contributed by atoms with E-state index in [0.29, 0.717) is 37.1 Å². The Labute approximate surface area is 165 Å². The molecule has 0 atom stereocenters. The van der Waals surface area contributed by atoms with Crippen LogP contribution in [0.5, 0.6) is 5.88 Å². The number of aromatic nitrogens is 1. The van der Waals surface area contributed by atoms with Crippen molar-refractivity contribution in [3.8, 4) is 5.88 Å². The van der Waals surface area contributed by atoms with Gasteiger partial charge in [-0.2, -0.15) is 0 Å². The van der Waals surface area contributed by atoms with E-state index in [2.05, 4.69) is 27.5 Å². The zero-order chi connectivity index (χ0) is 17.2. The summed E-state index contributed by atoms with van der Waals surface area (Å²) in [4.78, 5) is 8.39. The molecule has 0 bridgehead atoms. The van der Waals surface area contributed by atoms with Gasteiger partial charge in [-0.1, -0.05) is 31.2 Å². The van der Waals surface area contributed by atoms with Crippen LogP contribution in [0.15, 0.2) is 47.6 Å². The van der Waals surface area contributed by atoms with Crippen molar-refractivity contribution in [3.63, 3.8) is 0 Å². The molecule has 25 heavy (non-hydrogen) atoms. The predicted octanol–water partition coefficient (Wildman–Crippen LogP) is 3.49. The third kappa shape index (κ3) is 7.25. The van der Waals surface area contributed by atoms with Gasteiger partial charge in [-0.05, 0) is 18.1 Å². The number of pyridine rings is 1. The summed E-state index contributed by atoms with van der Waals surface area (Å²) in [7, 11) is 1.68. The van der Waals surface area contributed by atoms with Gasteiger partial charge in [0.25, 0.3) is 0 Å². The van der Waals surface area contributed by atoms with E-state index in [-0.39, 0.29) is 29.8 Å². The number of halogens is 2. The number of ether oxygens (including phenoxy) is 1. The molecule has 0 aliphatic rings. The molecule has 0 amide bonds. The van der Waals surface area contributed by atoms with Crippen LogP contribution in [-0.4, -0.2) is 24.6 Å². The van der Waals surface area contributed by atoms with Gasteiger partial charge >= 0.3 is 0 Å². The van der Waals surface area contributed by atoms with Gasteiger partial charge in [0, 0.05) is 38.0 Å². The van der Waals surface area contributed by atoms with Gasteiger partial charge in [0.15, 0.2) is 5.96 Å². The molecular formula is C18H24FIN4O. The number of rotatable bonds is 7. The van der Waals surface area contributed by atoms with Gasteiger partial charge < -0.3 is 15.4 Å². The van der Waals surface area contributed by atoms with Crippen LogP contribution >= 0.6 is 24.0 Å². The van der Waals surface area contributed by atoms with E-state index in [4.69, 9.17) is 4.74 Å². The highest BCUT2D eigenvalue weighted by Crippen LogP contribution is 2.08. The highest BCUT2D eigenvalue weighted by molar-refractivity contribution is 14.0. The molecule has 2 rings (SSSR count). The molecule has 0 fully saturated rings. The number of aliphatic imine (C=N–C) groups is 1. The van der Waals surface area contributed by atoms with Crippen LogP contribution in [0.2, 0.25) is 0 Å². The third-order valence-electron chi connectivity index (χ3n) is 3.34. The van der Waals surface area contributed by atoms with Crippen molar-refractivity contribution in [2.75, 3.05) is 13.7 Å². The van der Waals surface area contributed by atoms with Crippen molar-refractivity contribution < 1.29 is 9.13 Å². The summed E-state index contributed by atoms with van der Waals surface area (Å²) in [6, 6.07) is 10.5. The quantitative estimate of drug-likeness (QED) is 0.379.